The third-order valence-electron chi connectivity index (χ3n) is 2.69. The van der Waals surface area contributed by atoms with Crippen molar-refractivity contribution in [3.8, 4) is 0 Å². The van der Waals surface area contributed by atoms with E-state index in [0.717, 1.165) is 5.56 Å². The Kier molecular flexibility index (Phi) is 3.98. The van der Waals surface area contributed by atoms with E-state index < -0.39 is 0 Å². The van der Waals surface area contributed by atoms with Gasteiger partial charge in [0.15, 0.2) is 0 Å². The lowest BCUT2D eigenvalue weighted by Crippen LogP contribution is -2.12. The van der Waals surface area contributed by atoms with E-state index in [2.05, 4.69) is 5.32 Å². The van der Waals surface area contributed by atoms with Crippen LogP contribution in [0, 0.1) is 6.92 Å². The van der Waals surface area contributed by atoms with E-state index in [-0.39, 0.29) is 5.91 Å². The highest BCUT2D eigenvalue weighted by atomic mass is 35.5. The van der Waals surface area contributed by atoms with Crippen LogP contribution in [0.3, 0.4) is 0 Å². The van der Waals surface area contributed by atoms with Gasteiger partial charge >= 0.3 is 0 Å². The molecule has 0 fully saturated rings. The van der Waals surface area contributed by atoms with E-state index in [1.807, 2.05) is 13.0 Å². The van der Waals surface area contributed by atoms with Gasteiger partial charge in [-0.05, 0) is 42.8 Å². The van der Waals surface area contributed by atoms with Gasteiger partial charge in [0.25, 0.3) is 5.91 Å². The molecule has 0 saturated carbocycles. The van der Waals surface area contributed by atoms with Crippen LogP contribution < -0.4 is 11.1 Å². The maximum Gasteiger partial charge on any atom is 0.255 e. The Hall–Kier alpha value is -1.71. The molecule has 2 aromatic carbocycles. The van der Waals surface area contributed by atoms with Gasteiger partial charge in [0.05, 0.1) is 10.7 Å². The molecular weight excluding hydrogens is 283 g/mol. The maximum atomic E-state index is 12.0. The summed E-state index contributed by atoms with van der Waals surface area (Å²) in [4.78, 5) is 12.0. The Labute approximate surface area is 121 Å². The molecule has 0 spiro atoms. The number of halogens is 2. The van der Waals surface area contributed by atoms with Crippen LogP contribution in [0.5, 0.6) is 0 Å². The number of rotatable bonds is 2. The van der Waals surface area contributed by atoms with E-state index in [9.17, 15) is 4.79 Å². The molecule has 19 heavy (non-hydrogen) atoms. The largest absolute Gasteiger partial charge is 0.398 e. The lowest BCUT2D eigenvalue weighted by Gasteiger charge is -2.08. The predicted molar refractivity (Wildman–Crippen MR) is 80.0 cm³/mol. The number of hydrogen-bond acceptors (Lipinski definition) is 2. The molecule has 0 aliphatic carbocycles. The molecule has 0 atom stereocenters. The number of aryl methyl sites for hydroxylation is 1. The highest BCUT2D eigenvalue weighted by molar-refractivity contribution is 6.33. The van der Waals surface area contributed by atoms with Gasteiger partial charge in [0.1, 0.15) is 0 Å². The topological polar surface area (TPSA) is 55.1 Å². The van der Waals surface area contributed by atoms with Crippen LogP contribution in [-0.4, -0.2) is 5.91 Å². The third-order valence-corrected chi connectivity index (χ3v) is 3.44. The van der Waals surface area contributed by atoms with Gasteiger partial charge in [0, 0.05) is 16.3 Å². The van der Waals surface area contributed by atoms with Crippen molar-refractivity contribution in [2.24, 2.45) is 0 Å². The van der Waals surface area contributed by atoms with Crippen LogP contribution >= 0.6 is 23.2 Å². The first kappa shape index (κ1) is 13.7. The van der Waals surface area contributed by atoms with Gasteiger partial charge < -0.3 is 11.1 Å². The molecule has 3 nitrogen and oxygen atoms in total. The second-order valence-corrected chi connectivity index (χ2v) is 4.97. The minimum absolute atomic E-state index is 0.261. The van der Waals surface area contributed by atoms with Crippen molar-refractivity contribution in [2.45, 2.75) is 6.92 Å². The first-order chi connectivity index (χ1) is 8.97. The molecule has 2 rings (SSSR count). The molecule has 1 amide bonds. The lowest BCUT2D eigenvalue weighted by molar-refractivity contribution is 0.102. The highest BCUT2D eigenvalue weighted by Gasteiger charge is 2.08. The Bertz CT molecular complexity index is 641. The molecule has 0 aliphatic rings. The molecule has 5 heteroatoms. The summed E-state index contributed by atoms with van der Waals surface area (Å²) < 4.78 is 0. The van der Waals surface area contributed by atoms with Gasteiger partial charge in [-0.15, -0.1) is 0 Å². The number of benzene rings is 2. The fraction of sp³-hybridized carbons (Fsp3) is 0.0714. The number of nitrogen functional groups attached to an aromatic ring is 1. The molecule has 2 aromatic rings. The number of nitrogens with two attached hydrogens (primary N) is 1. The maximum absolute atomic E-state index is 12.0. The zero-order chi connectivity index (χ0) is 14.0. The summed E-state index contributed by atoms with van der Waals surface area (Å²) in [5, 5.41) is 3.78. The average Bonchev–Trinajstić information content (AvgIpc) is 2.37. The number of carbonyl (C=O) groups excluding carboxylic acids is 1. The minimum Gasteiger partial charge on any atom is -0.398 e. The van der Waals surface area contributed by atoms with E-state index in [1.54, 1.807) is 24.3 Å². The summed E-state index contributed by atoms with van der Waals surface area (Å²) in [5.41, 5.74) is 8.06. The van der Waals surface area contributed by atoms with Crippen molar-refractivity contribution in [3.63, 3.8) is 0 Å². The van der Waals surface area contributed by atoms with E-state index in [4.69, 9.17) is 28.9 Å². The van der Waals surface area contributed by atoms with E-state index in [0.29, 0.717) is 27.0 Å². The standard InChI is InChI=1S/C14H12Cl2N2O/c1-8-2-4-10(7-12(8)16)18-14(19)9-3-5-11(15)13(17)6-9/h2-7H,17H2,1H3,(H,18,19). The molecule has 98 valence electrons. The van der Waals surface area contributed by atoms with Crippen molar-refractivity contribution < 1.29 is 4.79 Å². The summed E-state index contributed by atoms with van der Waals surface area (Å²) in [6.45, 7) is 1.90. The third kappa shape index (κ3) is 3.19. The summed E-state index contributed by atoms with van der Waals surface area (Å²) in [7, 11) is 0. The fourth-order valence-corrected chi connectivity index (χ4v) is 1.86. The van der Waals surface area contributed by atoms with Gasteiger partial charge in [-0.2, -0.15) is 0 Å². The summed E-state index contributed by atoms with van der Waals surface area (Å²) >= 11 is 11.8. The molecule has 3 N–H and O–H groups in total. The second-order valence-electron chi connectivity index (χ2n) is 4.15. The monoisotopic (exact) mass is 294 g/mol. The Morgan fingerprint density at radius 1 is 1.11 bits per heavy atom. The molecule has 0 heterocycles. The zero-order valence-electron chi connectivity index (χ0n) is 10.2. The van der Waals surface area contributed by atoms with E-state index >= 15 is 0 Å². The number of nitrogens with one attached hydrogen (secondary N) is 1. The van der Waals surface area contributed by atoms with E-state index in [1.165, 1.54) is 6.07 Å². The van der Waals surface area contributed by atoms with Crippen LogP contribution in [0.15, 0.2) is 36.4 Å². The number of anilines is 2. The number of carbonyl (C=O) groups is 1. The molecule has 0 aromatic heterocycles. The molecule has 0 radical (unpaired) electrons. The van der Waals surface area contributed by atoms with Crippen molar-refractivity contribution in [1.29, 1.82) is 0 Å². The van der Waals surface area contributed by atoms with Gasteiger partial charge in [-0.1, -0.05) is 29.3 Å². The Morgan fingerprint density at radius 3 is 2.47 bits per heavy atom. The van der Waals surface area contributed by atoms with Crippen LogP contribution in [0.25, 0.3) is 0 Å². The molecule has 0 unspecified atom stereocenters. The average molecular weight is 295 g/mol. The quantitative estimate of drug-likeness (QED) is 0.818. The molecule has 0 aliphatic heterocycles. The highest BCUT2D eigenvalue weighted by Crippen LogP contribution is 2.22. The van der Waals surface area contributed by atoms with Gasteiger partial charge in [0.2, 0.25) is 0 Å². The molecule has 0 saturated heterocycles. The van der Waals surface area contributed by atoms with Crippen LogP contribution in [0.2, 0.25) is 10.0 Å². The van der Waals surface area contributed by atoms with Gasteiger partial charge in [-0.3, -0.25) is 4.79 Å². The van der Waals surface area contributed by atoms with Crippen LogP contribution in [0.4, 0.5) is 11.4 Å². The van der Waals surface area contributed by atoms with Crippen molar-refractivity contribution in [2.75, 3.05) is 11.1 Å². The minimum atomic E-state index is -0.261. The van der Waals surface area contributed by atoms with Gasteiger partial charge in [-0.25, -0.2) is 0 Å². The number of hydrogen-bond donors (Lipinski definition) is 2. The van der Waals surface area contributed by atoms with Crippen LogP contribution in [-0.2, 0) is 0 Å². The van der Waals surface area contributed by atoms with Crippen LogP contribution in [0.1, 0.15) is 15.9 Å². The molecular formula is C14H12Cl2N2O. The lowest BCUT2D eigenvalue weighted by atomic mass is 10.1. The fourth-order valence-electron chi connectivity index (χ4n) is 1.56. The Morgan fingerprint density at radius 2 is 1.84 bits per heavy atom. The van der Waals surface area contributed by atoms with Crippen molar-refractivity contribution >= 4 is 40.5 Å². The second kappa shape index (κ2) is 5.51. The number of amides is 1. The zero-order valence-corrected chi connectivity index (χ0v) is 11.7. The summed E-state index contributed by atoms with van der Waals surface area (Å²) in [6, 6.07) is 10.1. The first-order valence-corrected chi connectivity index (χ1v) is 6.35. The molecule has 0 bridgehead atoms. The smallest absolute Gasteiger partial charge is 0.255 e. The normalized spacial score (nSPS) is 10.3. The Balaban J connectivity index is 2.20. The SMILES string of the molecule is Cc1ccc(NC(=O)c2ccc(Cl)c(N)c2)cc1Cl. The summed E-state index contributed by atoms with van der Waals surface area (Å²) in [5.74, 6) is -0.261. The van der Waals surface area contributed by atoms with Crippen molar-refractivity contribution in [1.82, 2.24) is 0 Å². The summed E-state index contributed by atoms with van der Waals surface area (Å²) in [6.07, 6.45) is 0. The van der Waals surface area contributed by atoms with Crippen molar-refractivity contribution in [3.05, 3.63) is 57.6 Å². The first-order valence-electron chi connectivity index (χ1n) is 5.60. The predicted octanol–water partition coefficient (Wildman–Crippen LogP) is 4.14.